The van der Waals surface area contributed by atoms with Gasteiger partial charge in [-0.1, -0.05) is 11.8 Å². The van der Waals surface area contributed by atoms with Crippen LogP contribution in [-0.2, 0) is 11.0 Å². The minimum atomic E-state index is -4.39. The molecule has 0 spiro atoms. The standard InChI is InChI=1S/C14H12F3N3OS/c1-9(22-13-18-7-2-8-19-13)12(21)20-11-5-3-10(4-6-11)14(15,16)17/h2-9H,1H3,(H,20,21). The van der Waals surface area contributed by atoms with Gasteiger partial charge in [-0.15, -0.1) is 0 Å². The third-order valence-electron chi connectivity index (χ3n) is 2.67. The van der Waals surface area contributed by atoms with Gasteiger partial charge in [0.15, 0.2) is 5.16 Å². The minimum Gasteiger partial charge on any atom is -0.325 e. The van der Waals surface area contributed by atoms with E-state index in [4.69, 9.17) is 0 Å². The fraction of sp³-hybridized carbons (Fsp3) is 0.214. The monoisotopic (exact) mass is 327 g/mol. The van der Waals surface area contributed by atoms with Crippen molar-refractivity contribution in [3.8, 4) is 0 Å². The van der Waals surface area contributed by atoms with Crippen LogP contribution in [0.4, 0.5) is 18.9 Å². The highest BCUT2D eigenvalue weighted by Crippen LogP contribution is 2.30. The molecule has 1 unspecified atom stereocenters. The molecule has 0 aliphatic heterocycles. The van der Waals surface area contributed by atoms with Gasteiger partial charge in [-0.05, 0) is 37.3 Å². The van der Waals surface area contributed by atoms with E-state index < -0.39 is 17.0 Å². The van der Waals surface area contributed by atoms with Crippen molar-refractivity contribution >= 4 is 23.4 Å². The molecule has 1 amide bonds. The Kier molecular flexibility index (Phi) is 5.02. The van der Waals surface area contributed by atoms with Gasteiger partial charge in [0, 0.05) is 18.1 Å². The summed E-state index contributed by atoms with van der Waals surface area (Å²) in [5.74, 6) is -0.336. The molecule has 1 atom stereocenters. The number of benzene rings is 1. The maximum absolute atomic E-state index is 12.4. The molecular weight excluding hydrogens is 315 g/mol. The zero-order chi connectivity index (χ0) is 16.2. The van der Waals surface area contributed by atoms with E-state index in [0.29, 0.717) is 10.8 Å². The molecule has 22 heavy (non-hydrogen) atoms. The van der Waals surface area contributed by atoms with Crippen molar-refractivity contribution in [2.45, 2.75) is 23.5 Å². The first kappa shape index (κ1) is 16.3. The summed E-state index contributed by atoms with van der Waals surface area (Å²) in [6.07, 6.45) is -1.26. The lowest BCUT2D eigenvalue weighted by Gasteiger charge is -2.12. The number of rotatable bonds is 4. The van der Waals surface area contributed by atoms with Crippen molar-refractivity contribution in [2.75, 3.05) is 5.32 Å². The Hall–Kier alpha value is -2.09. The molecule has 0 saturated carbocycles. The number of amides is 1. The quantitative estimate of drug-likeness (QED) is 0.688. The largest absolute Gasteiger partial charge is 0.416 e. The normalized spacial score (nSPS) is 12.7. The molecule has 1 N–H and O–H groups in total. The molecule has 8 heteroatoms. The van der Waals surface area contributed by atoms with E-state index >= 15 is 0 Å². The number of hydrogen-bond acceptors (Lipinski definition) is 4. The van der Waals surface area contributed by atoms with Gasteiger partial charge in [-0.3, -0.25) is 4.79 Å². The van der Waals surface area contributed by atoms with E-state index in [-0.39, 0.29) is 5.91 Å². The Morgan fingerprint density at radius 3 is 2.32 bits per heavy atom. The second-order valence-corrected chi connectivity index (χ2v) is 5.66. The van der Waals surface area contributed by atoms with E-state index in [1.54, 1.807) is 25.4 Å². The highest BCUT2D eigenvalue weighted by Gasteiger charge is 2.30. The molecule has 1 heterocycles. The van der Waals surface area contributed by atoms with Crippen molar-refractivity contribution in [2.24, 2.45) is 0 Å². The average Bonchev–Trinajstić information content (AvgIpc) is 2.48. The molecule has 1 aromatic heterocycles. The first-order chi connectivity index (χ1) is 10.4. The van der Waals surface area contributed by atoms with Gasteiger partial charge >= 0.3 is 6.18 Å². The number of nitrogens with zero attached hydrogens (tertiary/aromatic N) is 2. The molecule has 0 saturated heterocycles. The summed E-state index contributed by atoms with van der Waals surface area (Å²) >= 11 is 1.16. The molecule has 0 fully saturated rings. The van der Waals surface area contributed by atoms with Crippen LogP contribution in [0.2, 0.25) is 0 Å². The maximum atomic E-state index is 12.4. The number of thioether (sulfide) groups is 1. The molecule has 2 aromatic rings. The number of nitrogens with one attached hydrogen (secondary N) is 1. The Bertz CT molecular complexity index is 632. The summed E-state index contributed by atoms with van der Waals surface area (Å²) in [6.45, 7) is 1.67. The molecular formula is C14H12F3N3OS. The van der Waals surface area contributed by atoms with Crippen molar-refractivity contribution < 1.29 is 18.0 Å². The summed E-state index contributed by atoms with van der Waals surface area (Å²) in [7, 11) is 0. The number of hydrogen-bond donors (Lipinski definition) is 1. The SMILES string of the molecule is CC(Sc1ncccn1)C(=O)Nc1ccc(C(F)(F)F)cc1. The summed E-state index contributed by atoms with van der Waals surface area (Å²) in [6, 6.07) is 5.95. The van der Waals surface area contributed by atoms with Crippen molar-refractivity contribution in [1.82, 2.24) is 9.97 Å². The topological polar surface area (TPSA) is 54.9 Å². The third kappa shape index (κ3) is 4.45. The Morgan fingerprint density at radius 1 is 1.18 bits per heavy atom. The molecule has 1 aromatic carbocycles. The van der Waals surface area contributed by atoms with Gasteiger partial charge in [0.05, 0.1) is 10.8 Å². The second-order valence-electron chi connectivity index (χ2n) is 4.36. The van der Waals surface area contributed by atoms with Gasteiger partial charge in [0.1, 0.15) is 0 Å². The van der Waals surface area contributed by atoms with Gasteiger partial charge in [0.25, 0.3) is 0 Å². The number of halogens is 3. The van der Waals surface area contributed by atoms with E-state index in [0.717, 1.165) is 23.9 Å². The molecule has 0 aliphatic rings. The fourth-order valence-corrected chi connectivity index (χ4v) is 2.27. The second kappa shape index (κ2) is 6.78. The van der Waals surface area contributed by atoms with Crippen LogP contribution >= 0.6 is 11.8 Å². The van der Waals surface area contributed by atoms with Gasteiger partial charge in [-0.2, -0.15) is 13.2 Å². The maximum Gasteiger partial charge on any atom is 0.416 e. The first-order valence-corrected chi connectivity index (χ1v) is 7.16. The van der Waals surface area contributed by atoms with Gasteiger partial charge in [0.2, 0.25) is 5.91 Å². The highest BCUT2D eigenvalue weighted by molar-refractivity contribution is 8.00. The van der Waals surface area contributed by atoms with Crippen molar-refractivity contribution in [1.29, 1.82) is 0 Å². The lowest BCUT2D eigenvalue weighted by atomic mass is 10.2. The molecule has 0 bridgehead atoms. The van der Waals surface area contributed by atoms with E-state index in [1.807, 2.05) is 0 Å². The summed E-state index contributed by atoms with van der Waals surface area (Å²) in [4.78, 5) is 20.0. The Labute approximate surface area is 129 Å². The third-order valence-corrected chi connectivity index (χ3v) is 3.66. The number of alkyl halides is 3. The minimum absolute atomic E-state index is 0.305. The smallest absolute Gasteiger partial charge is 0.325 e. The Balaban J connectivity index is 1.96. The van der Waals surface area contributed by atoms with Crippen molar-refractivity contribution in [3.63, 3.8) is 0 Å². The predicted octanol–water partition coefficient (Wildman–Crippen LogP) is 3.61. The van der Waals surface area contributed by atoms with Crippen LogP contribution < -0.4 is 5.32 Å². The van der Waals surface area contributed by atoms with Gasteiger partial charge in [-0.25, -0.2) is 9.97 Å². The van der Waals surface area contributed by atoms with E-state index in [1.165, 1.54) is 12.1 Å². The highest BCUT2D eigenvalue weighted by atomic mass is 32.2. The number of carbonyl (C=O) groups is 1. The van der Waals surface area contributed by atoms with Crippen LogP contribution in [0.1, 0.15) is 12.5 Å². The van der Waals surface area contributed by atoms with Crippen LogP contribution in [-0.4, -0.2) is 21.1 Å². The van der Waals surface area contributed by atoms with Crippen LogP contribution in [0.25, 0.3) is 0 Å². The molecule has 2 rings (SSSR count). The number of aromatic nitrogens is 2. The van der Waals surface area contributed by atoms with E-state index in [2.05, 4.69) is 15.3 Å². The number of anilines is 1. The fourth-order valence-electron chi connectivity index (χ4n) is 1.54. The van der Waals surface area contributed by atoms with Crippen LogP contribution in [0.15, 0.2) is 47.9 Å². The molecule has 0 radical (unpaired) electrons. The predicted molar refractivity (Wildman–Crippen MR) is 77.4 cm³/mol. The average molecular weight is 327 g/mol. The number of carbonyl (C=O) groups excluding carboxylic acids is 1. The van der Waals surface area contributed by atoms with Crippen LogP contribution in [0.5, 0.6) is 0 Å². The lowest BCUT2D eigenvalue weighted by molar-refractivity contribution is -0.137. The first-order valence-electron chi connectivity index (χ1n) is 6.28. The zero-order valence-electron chi connectivity index (χ0n) is 11.5. The van der Waals surface area contributed by atoms with Crippen LogP contribution in [0, 0.1) is 0 Å². The lowest BCUT2D eigenvalue weighted by Crippen LogP contribution is -2.22. The zero-order valence-corrected chi connectivity index (χ0v) is 12.3. The molecule has 116 valence electrons. The van der Waals surface area contributed by atoms with Crippen LogP contribution in [0.3, 0.4) is 0 Å². The molecule has 4 nitrogen and oxygen atoms in total. The Morgan fingerprint density at radius 2 is 1.77 bits per heavy atom. The summed E-state index contributed by atoms with van der Waals surface area (Å²) in [5.41, 5.74) is -0.454. The summed E-state index contributed by atoms with van der Waals surface area (Å²) in [5, 5.41) is 2.53. The van der Waals surface area contributed by atoms with Crippen molar-refractivity contribution in [3.05, 3.63) is 48.3 Å². The summed E-state index contributed by atoms with van der Waals surface area (Å²) < 4.78 is 37.3. The molecule has 0 aliphatic carbocycles. The van der Waals surface area contributed by atoms with Gasteiger partial charge < -0.3 is 5.32 Å². The van der Waals surface area contributed by atoms with E-state index in [9.17, 15) is 18.0 Å².